The number of methoxy groups -OCH3 is 1. The summed E-state index contributed by atoms with van der Waals surface area (Å²) in [6, 6.07) is 15.4. The van der Waals surface area contributed by atoms with E-state index in [1.165, 1.54) is 19.2 Å². The Labute approximate surface area is 138 Å². The maximum atomic E-state index is 12.4. The predicted octanol–water partition coefficient (Wildman–Crippen LogP) is 3.59. The zero-order valence-electron chi connectivity index (χ0n) is 11.6. The molecule has 0 aromatic heterocycles. The molecule has 0 aliphatic carbocycles. The molecule has 0 N–H and O–H groups in total. The van der Waals surface area contributed by atoms with Crippen molar-refractivity contribution >= 4 is 32.7 Å². The molecular weight excluding hydrogens is 403 g/mol. The van der Waals surface area contributed by atoms with Crippen molar-refractivity contribution in [1.82, 2.24) is 0 Å². The van der Waals surface area contributed by atoms with Gasteiger partial charge < -0.3 is 4.74 Å². The van der Waals surface area contributed by atoms with Gasteiger partial charge in [-0.1, -0.05) is 48.0 Å². The Morgan fingerprint density at radius 3 is 2.10 bits per heavy atom. The van der Waals surface area contributed by atoms with Crippen molar-refractivity contribution in [2.24, 2.45) is 0 Å². The summed E-state index contributed by atoms with van der Waals surface area (Å²) < 4.78 is 34.0. The third-order valence-corrected chi connectivity index (χ3v) is 5.79. The molecule has 0 spiro atoms. The van der Waals surface area contributed by atoms with Crippen LogP contribution >= 0.6 is 22.6 Å². The molecule has 21 heavy (non-hydrogen) atoms. The van der Waals surface area contributed by atoms with E-state index in [1.807, 2.05) is 35.6 Å². The number of halogens is 1. The van der Waals surface area contributed by atoms with Gasteiger partial charge in [0.15, 0.2) is 0 Å². The van der Waals surface area contributed by atoms with E-state index in [0.717, 1.165) is 5.56 Å². The van der Waals surface area contributed by atoms with Gasteiger partial charge in [-0.15, -0.1) is 0 Å². The van der Waals surface area contributed by atoms with Crippen LogP contribution in [0.1, 0.15) is 11.1 Å². The minimum atomic E-state index is -3.93. The van der Waals surface area contributed by atoms with Gasteiger partial charge in [-0.05, 0) is 41.6 Å². The summed E-state index contributed by atoms with van der Waals surface area (Å²) in [6.45, 7) is 1.89. The Morgan fingerprint density at radius 1 is 1.00 bits per heavy atom. The third kappa shape index (κ3) is 3.82. The summed E-state index contributed by atoms with van der Waals surface area (Å²) in [5.74, 6) is 0. The second kappa shape index (κ2) is 6.43. The van der Waals surface area contributed by atoms with Gasteiger partial charge in [-0.25, -0.2) is 4.18 Å². The van der Waals surface area contributed by atoms with E-state index in [0.29, 0.717) is 5.56 Å². The molecule has 6 heteroatoms. The first kappa shape index (κ1) is 16.4. The number of hydrogen-bond acceptors (Lipinski definition) is 4. The Hall–Kier alpha value is -0.960. The maximum absolute atomic E-state index is 12.4. The smallest absolute Gasteiger partial charge is 0.300 e. The Kier molecular flexibility index (Phi) is 5.03. The topological polar surface area (TPSA) is 52.6 Å². The molecule has 0 saturated heterocycles. The second-order valence-electron chi connectivity index (χ2n) is 4.46. The number of benzene rings is 2. The van der Waals surface area contributed by atoms with Crippen LogP contribution in [0, 0.1) is 6.92 Å². The molecule has 0 bridgehead atoms. The summed E-state index contributed by atoms with van der Waals surface area (Å²) in [6.07, 6.45) is 0. The lowest BCUT2D eigenvalue weighted by atomic mass is 10.2. The second-order valence-corrected chi connectivity index (χ2v) is 7.42. The molecule has 0 saturated carbocycles. The number of aryl methyl sites for hydroxylation is 1. The number of alkyl halides is 1. The first-order valence-electron chi connectivity index (χ1n) is 6.19. The van der Waals surface area contributed by atoms with E-state index in [1.54, 1.807) is 36.4 Å². The highest BCUT2D eigenvalue weighted by Crippen LogP contribution is 2.37. The molecule has 1 unspecified atom stereocenters. The lowest BCUT2D eigenvalue weighted by molar-refractivity contribution is -0.0706. The van der Waals surface area contributed by atoms with Crippen molar-refractivity contribution in [2.45, 2.75) is 15.6 Å². The van der Waals surface area contributed by atoms with Gasteiger partial charge in [0.1, 0.15) is 0 Å². The highest BCUT2D eigenvalue weighted by Gasteiger charge is 2.36. The fourth-order valence-corrected chi connectivity index (χ4v) is 3.81. The molecule has 0 heterocycles. The SMILES string of the molecule is COC(I)(OS(=O)(=O)c1ccc(C)cc1)c1ccccc1. The lowest BCUT2D eigenvalue weighted by Gasteiger charge is -2.25. The van der Waals surface area contributed by atoms with Crippen LogP contribution in [-0.2, 0) is 22.8 Å². The normalized spacial score (nSPS) is 14.6. The van der Waals surface area contributed by atoms with Crippen molar-refractivity contribution in [3.05, 3.63) is 65.7 Å². The van der Waals surface area contributed by atoms with Gasteiger partial charge in [0, 0.05) is 12.7 Å². The zero-order chi connectivity index (χ0) is 15.5. The molecule has 4 nitrogen and oxygen atoms in total. The first-order chi connectivity index (χ1) is 9.87. The van der Waals surface area contributed by atoms with E-state index >= 15 is 0 Å². The fourth-order valence-electron chi connectivity index (χ4n) is 1.73. The van der Waals surface area contributed by atoms with E-state index in [9.17, 15) is 8.42 Å². The predicted molar refractivity (Wildman–Crippen MR) is 88.6 cm³/mol. The molecule has 0 radical (unpaired) electrons. The summed E-state index contributed by atoms with van der Waals surface area (Å²) in [7, 11) is -2.52. The van der Waals surface area contributed by atoms with Crippen LogP contribution < -0.4 is 0 Å². The van der Waals surface area contributed by atoms with Gasteiger partial charge in [-0.2, -0.15) is 8.42 Å². The number of ether oxygens (including phenoxy) is 1. The molecule has 0 amide bonds. The van der Waals surface area contributed by atoms with Crippen LogP contribution in [0.15, 0.2) is 59.5 Å². The molecule has 112 valence electrons. The fraction of sp³-hybridized carbons (Fsp3) is 0.200. The quantitative estimate of drug-likeness (QED) is 0.322. The van der Waals surface area contributed by atoms with E-state index in [2.05, 4.69) is 0 Å². The largest absolute Gasteiger partial charge is 0.340 e. The lowest BCUT2D eigenvalue weighted by Crippen LogP contribution is -2.28. The summed E-state index contributed by atoms with van der Waals surface area (Å²) in [5.41, 5.74) is 1.59. The third-order valence-electron chi connectivity index (χ3n) is 2.91. The summed E-state index contributed by atoms with van der Waals surface area (Å²) in [4.78, 5) is 0.0992. The maximum Gasteiger partial charge on any atom is 0.300 e. The van der Waals surface area contributed by atoms with Crippen molar-refractivity contribution in [3.63, 3.8) is 0 Å². The van der Waals surface area contributed by atoms with Gasteiger partial charge in [0.2, 0.25) is 0 Å². The highest BCUT2D eigenvalue weighted by molar-refractivity contribution is 14.1. The molecule has 0 aliphatic rings. The molecule has 2 aromatic carbocycles. The highest BCUT2D eigenvalue weighted by atomic mass is 127. The number of hydrogen-bond donors (Lipinski definition) is 0. The van der Waals surface area contributed by atoms with Crippen molar-refractivity contribution in [2.75, 3.05) is 7.11 Å². The standard InChI is InChI=1S/C15H15IO4S/c1-12-8-10-14(11-9-12)21(17,18)20-15(16,19-2)13-6-4-3-5-7-13/h3-11H,1-2H3. The number of rotatable bonds is 5. The monoisotopic (exact) mass is 418 g/mol. The average Bonchev–Trinajstić information content (AvgIpc) is 2.48. The summed E-state index contributed by atoms with van der Waals surface area (Å²) >= 11 is 1.84. The van der Waals surface area contributed by atoms with Crippen molar-refractivity contribution in [1.29, 1.82) is 0 Å². The van der Waals surface area contributed by atoms with Crippen LogP contribution in [0.2, 0.25) is 0 Å². The molecule has 2 rings (SSSR count). The Bertz CT molecular complexity index is 698. The molecule has 2 aromatic rings. The average molecular weight is 418 g/mol. The van der Waals surface area contributed by atoms with Gasteiger partial charge in [-0.3, -0.25) is 0 Å². The Morgan fingerprint density at radius 2 is 1.57 bits per heavy atom. The van der Waals surface area contributed by atoms with Gasteiger partial charge in [0.25, 0.3) is 3.79 Å². The molecule has 0 fully saturated rings. The van der Waals surface area contributed by atoms with Crippen LogP contribution in [0.25, 0.3) is 0 Å². The molecule has 0 aliphatic heterocycles. The zero-order valence-corrected chi connectivity index (χ0v) is 14.6. The minimum absolute atomic E-state index is 0.0992. The van der Waals surface area contributed by atoms with Crippen LogP contribution in [0.3, 0.4) is 0 Å². The van der Waals surface area contributed by atoms with Gasteiger partial charge in [0.05, 0.1) is 4.90 Å². The van der Waals surface area contributed by atoms with E-state index in [4.69, 9.17) is 8.92 Å². The van der Waals surface area contributed by atoms with Gasteiger partial charge >= 0.3 is 10.1 Å². The Balaban J connectivity index is 2.35. The van der Waals surface area contributed by atoms with Crippen molar-refractivity contribution < 1.29 is 17.3 Å². The minimum Gasteiger partial charge on any atom is -0.340 e. The van der Waals surface area contributed by atoms with Crippen LogP contribution in [0.5, 0.6) is 0 Å². The molecular formula is C15H15IO4S. The van der Waals surface area contributed by atoms with Crippen molar-refractivity contribution in [3.8, 4) is 0 Å². The molecule has 1 atom stereocenters. The summed E-state index contributed by atoms with van der Waals surface area (Å²) in [5, 5.41) is 0. The van der Waals surface area contributed by atoms with E-state index in [-0.39, 0.29) is 4.90 Å². The van der Waals surface area contributed by atoms with Crippen LogP contribution in [0.4, 0.5) is 0 Å². The van der Waals surface area contributed by atoms with Crippen LogP contribution in [-0.4, -0.2) is 15.5 Å². The van der Waals surface area contributed by atoms with E-state index < -0.39 is 13.9 Å². The first-order valence-corrected chi connectivity index (χ1v) is 8.68.